The molecule has 126 valence electrons. The molecule has 1 aromatic carbocycles. The maximum Gasteiger partial charge on any atom is 0.224 e. The molecule has 1 atom stereocenters. The molecule has 0 saturated carbocycles. The Morgan fingerprint density at radius 1 is 1.13 bits per heavy atom. The van der Waals surface area contributed by atoms with E-state index in [1.807, 2.05) is 18.2 Å². The van der Waals surface area contributed by atoms with Crippen LogP contribution < -0.4 is 5.32 Å². The molecule has 3 rings (SSSR count). The Hall–Kier alpha value is -1.39. The van der Waals surface area contributed by atoms with Crippen LogP contribution in [0.2, 0.25) is 0 Å². The molecule has 23 heavy (non-hydrogen) atoms. The molecule has 2 heterocycles. The van der Waals surface area contributed by atoms with Crippen molar-refractivity contribution in [1.82, 2.24) is 15.1 Å². The van der Waals surface area contributed by atoms with E-state index >= 15 is 0 Å². The highest BCUT2D eigenvalue weighted by Crippen LogP contribution is 2.23. The van der Waals surface area contributed by atoms with Crippen molar-refractivity contribution < 1.29 is 4.79 Å². The second-order valence-electron chi connectivity index (χ2n) is 7.07. The summed E-state index contributed by atoms with van der Waals surface area (Å²) in [7, 11) is 2.20. The lowest BCUT2D eigenvalue weighted by Gasteiger charge is -2.41. The van der Waals surface area contributed by atoms with Crippen LogP contribution in [0.25, 0.3) is 0 Å². The number of piperidine rings is 2. The number of nitrogens with one attached hydrogen (secondary N) is 1. The zero-order chi connectivity index (χ0) is 16.1. The van der Waals surface area contributed by atoms with E-state index in [-0.39, 0.29) is 11.8 Å². The molecule has 2 fully saturated rings. The molecule has 0 bridgehead atoms. The Morgan fingerprint density at radius 2 is 1.87 bits per heavy atom. The molecule has 0 aliphatic carbocycles. The van der Waals surface area contributed by atoms with E-state index < -0.39 is 0 Å². The molecule has 0 aromatic heterocycles. The third-order valence-corrected chi connectivity index (χ3v) is 5.34. The van der Waals surface area contributed by atoms with Gasteiger partial charge in [-0.1, -0.05) is 30.3 Å². The Kier molecular flexibility index (Phi) is 5.68. The Labute approximate surface area is 139 Å². The molecule has 0 spiro atoms. The van der Waals surface area contributed by atoms with Crippen LogP contribution in [0.3, 0.4) is 0 Å². The molecular formula is C19H29N3O. The Balaban J connectivity index is 1.48. The number of amides is 1. The molecule has 2 aliphatic heterocycles. The maximum atomic E-state index is 12.5. The maximum absolute atomic E-state index is 12.5. The van der Waals surface area contributed by atoms with E-state index in [1.54, 1.807) is 0 Å². The van der Waals surface area contributed by atoms with Gasteiger partial charge in [0, 0.05) is 19.1 Å². The quantitative estimate of drug-likeness (QED) is 0.924. The van der Waals surface area contributed by atoms with E-state index in [9.17, 15) is 4.79 Å². The van der Waals surface area contributed by atoms with E-state index in [2.05, 4.69) is 34.3 Å². The summed E-state index contributed by atoms with van der Waals surface area (Å²) in [4.78, 5) is 17.5. The van der Waals surface area contributed by atoms with Gasteiger partial charge in [0.15, 0.2) is 0 Å². The molecule has 1 aromatic rings. The fraction of sp³-hybridized carbons (Fsp3) is 0.632. The lowest BCUT2D eigenvalue weighted by molar-refractivity contribution is -0.127. The van der Waals surface area contributed by atoms with Gasteiger partial charge in [-0.15, -0.1) is 0 Å². The van der Waals surface area contributed by atoms with E-state index in [1.165, 1.54) is 31.5 Å². The van der Waals surface area contributed by atoms with Gasteiger partial charge in [0.2, 0.25) is 5.91 Å². The first-order valence-electron chi connectivity index (χ1n) is 8.96. The van der Waals surface area contributed by atoms with Gasteiger partial charge in [-0.3, -0.25) is 9.69 Å². The highest BCUT2D eigenvalue weighted by atomic mass is 16.1. The molecular weight excluding hydrogens is 286 g/mol. The number of rotatable bonds is 4. The highest BCUT2D eigenvalue weighted by Gasteiger charge is 2.30. The van der Waals surface area contributed by atoms with Gasteiger partial charge in [-0.05, 0) is 57.9 Å². The van der Waals surface area contributed by atoms with Gasteiger partial charge >= 0.3 is 0 Å². The molecule has 4 heteroatoms. The monoisotopic (exact) mass is 315 g/mol. The average molecular weight is 315 g/mol. The molecule has 4 nitrogen and oxygen atoms in total. The van der Waals surface area contributed by atoms with Gasteiger partial charge in [0.25, 0.3) is 0 Å². The lowest BCUT2D eigenvalue weighted by atomic mass is 9.93. The van der Waals surface area contributed by atoms with Crippen LogP contribution in [0.4, 0.5) is 0 Å². The predicted octanol–water partition coefficient (Wildman–Crippen LogP) is 2.11. The number of carbonyl (C=O) groups is 1. The van der Waals surface area contributed by atoms with Crippen molar-refractivity contribution in [3.63, 3.8) is 0 Å². The number of nitrogens with zero attached hydrogens (tertiary/aromatic N) is 2. The van der Waals surface area contributed by atoms with Crippen LogP contribution in [0.15, 0.2) is 30.3 Å². The summed E-state index contributed by atoms with van der Waals surface area (Å²) in [5, 5.41) is 3.13. The third kappa shape index (κ3) is 4.55. The third-order valence-electron chi connectivity index (χ3n) is 5.34. The predicted molar refractivity (Wildman–Crippen MR) is 93.1 cm³/mol. The standard InChI is InChI=1S/C19H29N3O/c1-21-12-9-18(10-13-21)22-11-5-8-17(15-22)19(23)20-14-16-6-3-2-4-7-16/h2-4,6-7,17-18H,5,8-15H2,1H3,(H,20,23)/t17-/m1/s1. The first-order valence-corrected chi connectivity index (χ1v) is 8.96. The summed E-state index contributed by atoms with van der Waals surface area (Å²) in [6.45, 7) is 5.12. The Morgan fingerprint density at radius 3 is 2.61 bits per heavy atom. The van der Waals surface area contributed by atoms with E-state index in [0.29, 0.717) is 12.6 Å². The Bertz CT molecular complexity index is 497. The van der Waals surface area contributed by atoms with Crippen molar-refractivity contribution in [2.24, 2.45) is 5.92 Å². The number of likely N-dealkylation sites (tertiary alicyclic amines) is 2. The summed E-state index contributed by atoms with van der Waals surface area (Å²) in [6, 6.07) is 10.8. The summed E-state index contributed by atoms with van der Waals surface area (Å²) >= 11 is 0. The number of carbonyl (C=O) groups excluding carboxylic acids is 1. The summed E-state index contributed by atoms with van der Waals surface area (Å²) < 4.78 is 0. The summed E-state index contributed by atoms with van der Waals surface area (Å²) in [5.41, 5.74) is 1.17. The minimum Gasteiger partial charge on any atom is -0.352 e. The van der Waals surface area contributed by atoms with Gasteiger partial charge in [0.1, 0.15) is 0 Å². The van der Waals surface area contributed by atoms with E-state index in [0.717, 1.165) is 25.9 Å². The summed E-state index contributed by atoms with van der Waals surface area (Å²) in [6.07, 6.45) is 4.67. The highest BCUT2D eigenvalue weighted by molar-refractivity contribution is 5.78. The van der Waals surface area contributed by atoms with Crippen molar-refractivity contribution >= 4 is 5.91 Å². The topological polar surface area (TPSA) is 35.6 Å². The average Bonchev–Trinajstić information content (AvgIpc) is 2.61. The smallest absolute Gasteiger partial charge is 0.224 e. The largest absolute Gasteiger partial charge is 0.352 e. The van der Waals surface area contributed by atoms with Crippen LogP contribution in [0, 0.1) is 5.92 Å². The van der Waals surface area contributed by atoms with Crippen LogP contribution in [-0.4, -0.2) is 55.0 Å². The summed E-state index contributed by atoms with van der Waals surface area (Å²) in [5.74, 6) is 0.388. The zero-order valence-electron chi connectivity index (χ0n) is 14.2. The van der Waals surface area contributed by atoms with Gasteiger partial charge in [-0.2, -0.15) is 0 Å². The van der Waals surface area contributed by atoms with Crippen LogP contribution in [0.1, 0.15) is 31.2 Å². The normalized spacial score (nSPS) is 24.5. The first kappa shape index (κ1) is 16.5. The van der Waals surface area contributed by atoms with E-state index in [4.69, 9.17) is 0 Å². The van der Waals surface area contributed by atoms with Gasteiger partial charge in [-0.25, -0.2) is 0 Å². The molecule has 2 aliphatic rings. The first-order chi connectivity index (χ1) is 11.2. The van der Waals surface area contributed by atoms with Gasteiger partial charge < -0.3 is 10.2 Å². The molecule has 0 unspecified atom stereocenters. The van der Waals surface area contributed by atoms with Crippen molar-refractivity contribution in [2.75, 3.05) is 33.2 Å². The second-order valence-corrected chi connectivity index (χ2v) is 7.07. The van der Waals surface area contributed by atoms with Crippen molar-refractivity contribution in [3.05, 3.63) is 35.9 Å². The molecule has 0 radical (unpaired) electrons. The second kappa shape index (κ2) is 7.93. The molecule has 2 saturated heterocycles. The van der Waals surface area contributed by atoms with Crippen LogP contribution >= 0.6 is 0 Å². The van der Waals surface area contributed by atoms with Crippen molar-refractivity contribution in [3.8, 4) is 0 Å². The number of benzene rings is 1. The molecule has 1 N–H and O–H groups in total. The minimum absolute atomic E-state index is 0.159. The SMILES string of the molecule is CN1CCC(N2CCC[C@@H](C(=O)NCc3ccccc3)C2)CC1. The van der Waals surface area contributed by atoms with Crippen molar-refractivity contribution in [2.45, 2.75) is 38.3 Å². The van der Waals surface area contributed by atoms with Crippen LogP contribution in [0.5, 0.6) is 0 Å². The number of hydrogen-bond acceptors (Lipinski definition) is 3. The molecule has 1 amide bonds. The van der Waals surface area contributed by atoms with Gasteiger partial charge in [0.05, 0.1) is 5.92 Å². The fourth-order valence-electron chi connectivity index (χ4n) is 3.84. The number of hydrogen-bond donors (Lipinski definition) is 1. The minimum atomic E-state index is 0.159. The van der Waals surface area contributed by atoms with Crippen LogP contribution in [-0.2, 0) is 11.3 Å². The fourth-order valence-corrected chi connectivity index (χ4v) is 3.84. The zero-order valence-corrected chi connectivity index (χ0v) is 14.2. The van der Waals surface area contributed by atoms with Crippen molar-refractivity contribution in [1.29, 1.82) is 0 Å². The lowest BCUT2D eigenvalue weighted by Crippen LogP contribution is -2.50.